The van der Waals surface area contributed by atoms with Gasteiger partial charge >= 0.3 is 5.97 Å². The molecule has 0 radical (unpaired) electrons. The van der Waals surface area contributed by atoms with Gasteiger partial charge in [0, 0.05) is 4.88 Å². The van der Waals surface area contributed by atoms with Crippen molar-refractivity contribution < 1.29 is 18.7 Å². The fourth-order valence-corrected chi connectivity index (χ4v) is 4.64. The van der Waals surface area contributed by atoms with Crippen LogP contribution in [0.25, 0.3) is 0 Å². The molecule has 0 unspecified atom stereocenters. The van der Waals surface area contributed by atoms with E-state index in [-0.39, 0.29) is 11.9 Å². The van der Waals surface area contributed by atoms with Crippen molar-refractivity contribution in [3.05, 3.63) is 40.2 Å². The molecule has 0 aliphatic heterocycles. The maximum atomic E-state index is 12.6. The lowest BCUT2D eigenvalue weighted by atomic mass is 9.88. The molecule has 0 saturated heterocycles. The molecule has 0 fully saturated rings. The first kappa shape index (κ1) is 19.6. The topological polar surface area (TPSA) is 80.6 Å². The lowest BCUT2D eigenvalue weighted by Gasteiger charge is -2.18. The van der Waals surface area contributed by atoms with Gasteiger partial charge in [-0.15, -0.1) is 11.3 Å². The Bertz CT molecular complexity index is 797. The predicted molar refractivity (Wildman–Crippen MR) is 105 cm³/mol. The van der Waals surface area contributed by atoms with Crippen LogP contribution in [0.15, 0.2) is 22.8 Å². The first-order valence-corrected chi connectivity index (χ1v) is 10.2. The Labute approximate surface area is 163 Å². The molecule has 6 nitrogen and oxygen atoms in total. The first-order chi connectivity index (χ1) is 13.0. The van der Waals surface area contributed by atoms with Gasteiger partial charge in [0.25, 0.3) is 0 Å². The van der Waals surface area contributed by atoms with Gasteiger partial charge in [0.1, 0.15) is 10.8 Å². The SMILES string of the molecule is CCOC(=O)c1c(NC(=O)[C@@H](C)NCc2ccco2)sc2c1CC[C@H](C)C2. The van der Waals surface area contributed by atoms with Crippen LogP contribution in [0.4, 0.5) is 5.00 Å². The molecular weight excluding hydrogens is 364 g/mol. The molecule has 2 aromatic heterocycles. The lowest BCUT2D eigenvalue weighted by molar-refractivity contribution is -0.117. The van der Waals surface area contributed by atoms with Crippen LogP contribution in [0.3, 0.4) is 0 Å². The molecule has 2 aromatic rings. The molecule has 27 heavy (non-hydrogen) atoms. The normalized spacial score (nSPS) is 17.2. The number of thiophene rings is 1. The van der Waals surface area contributed by atoms with Gasteiger partial charge in [0.05, 0.1) is 31.0 Å². The number of fused-ring (bicyclic) bond motifs is 1. The molecule has 1 amide bonds. The van der Waals surface area contributed by atoms with Gasteiger partial charge in [-0.1, -0.05) is 6.92 Å². The summed E-state index contributed by atoms with van der Waals surface area (Å²) in [7, 11) is 0. The Kier molecular flexibility index (Phi) is 6.34. The third-order valence-electron chi connectivity index (χ3n) is 4.78. The van der Waals surface area contributed by atoms with Crippen LogP contribution in [0.5, 0.6) is 0 Å². The Balaban J connectivity index is 1.74. The number of esters is 1. The second-order valence-corrected chi connectivity index (χ2v) is 8.05. The largest absolute Gasteiger partial charge is 0.468 e. The number of rotatable bonds is 7. The fourth-order valence-electron chi connectivity index (χ4n) is 3.24. The quantitative estimate of drug-likeness (QED) is 0.704. The molecule has 0 aromatic carbocycles. The van der Waals surface area contributed by atoms with Gasteiger partial charge in [0.15, 0.2) is 0 Å². The van der Waals surface area contributed by atoms with Crippen molar-refractivity contribution in [3.63, 3.8) is 0 Å². The highest BCUT2D eigenvalue weighted by Gasteiger charge is 2.29. The summed E-state index contributed by atoms with van der Waals surface area (Å²) in [5, 5.41) is 6.67. The van der Waals surface area contributed by atoms with Crippen LogP contribution in [0, 0.1) is 5.92 Å². The summed E-state index contributed by atoms with van der Waals surface area (Å²) in [6, 6.07) is 3.23. The average Bonchev–Trinajstić information content (AvgIpc) is 3.26. The fraction of sp³-hybridized carbons (Fsp3) is 0.500. The third-order valence-corrected chi connectivity index (χ3v) is 5.95. The summed E-state index contributed by atoms with van der Waals surface area (Å²) in [6.07, 6.45) is 4.44. The van der Waals surface area contributed by atoms with E-state index in [1.807, 2.05) is 12.1 Å². The van der Waals surface area contributed by atoms with Gasteiger partial charge in [-0.2, -0.15) is 0 Å². The standard InChI is InChI=1S/C20H26N2O4S/c1-4-25-20(24)17-15-8-7-12(2)10-16(15)27-19(17)22-18(23)13(3)21-11-14-6-5-9-26-14/h5-6,9,12-13,21H,4,7-8,10-11H2,1-3H3,(H,22,23)/t12-,13+/m0/s1. The van der Waals surface area contributed by atoms with E-state index in [1.54, 1.807) is 20.1 Å². The second-order valence-electron chi connectivity index (χ2n) is 6.95. The summed E-state index contributed by atoms with van der Waals surface area (Å²) in [5.41, 5.74) is 1.58. The zero-order valence-corrected chi connectivity index (χ0v) is 16.8. The molecule has 2 N–H and O–H groups in total. The molecule has 1 aliphatic rings. The highest BCUT2D eigenvalue weighted by Crippen LogP contribution is 2.40. The molecule has 0 bridgehead atoms. The molecule has 2 atom stereocenters. The molecule has 7 heteroatoms. The van der Waals surface area contributed by atoms with Crippen LogP contribution in [0.2, 0.25) is 0 Å². The smallest absolute Gasteiger partial charge is 0.341 e. The van der Waals surface area contributed by atoms with Crippen molar-refractivity contribution in [1.82, 2.24) is 5.32 Å². The molecule has 0 saturated carbocycles. The molecule has 0 spiro atoms. The minimum atomic E-state index is -0.428. The molecule has 146 valence electrons. The van der Waals surface area contributed by atoms with Crippen molar-refractivity contribution in [3.8, 4) is 0 Å². The van der Waals surface area contributed by atoms with Gasteiger partial charge in [-0.25, -0.2) is 4.79 Å². The zero-order chi connectivity index (χ0) is 19.4. The van der Waals surface area contributed by atoms with Crippen molar-refractivity contribution in [2.45, 2.75) is 52.6 Å². The summed E-state index contributed by atoms with van der Waals surface area (Å²) in [5.74, 6) is 0.820. The number of ether oxygens (including phenoxy) is 1. The summed E-state index contributed by atoms with van der Waals surface area (Å²) in [6.45, 7) is 6.57. The highest BCUT2D eigenvalue weighted by molar-refractivity contribution is 7.17. The van der Waals surface area contributed by atoms with Crippen LogP contribution in [-0.2, 0) is 28.9 Å². The van der Waals surface area contributed by atoms with Crippen molar-refractivity contribution in [2.24, 2.45) is 5.92 Å². The Morgan fingerprint density at radius 3 is 2.96 bits per heavy atom. The van der Waals surface area contributed by atoms with E-state index in [0.717, 1.165) is 30.6 Å². The second kappa shape index (κ2) is 8.71. The van der Waals surface area contributed by atoms with Crippen LogP contribution < -0.4 is 10.6 Å². The van der Waals surface area contributed by atoms with Gasteiger partial charge < -0.3 is 14.5 Å². The summed E-state index contributed by atoms with van der Waals surface area (Å²) >= 11 is 1.50. The van der Waals surface area contributed by atoms with Crippen molar-refractivity contribution >= 4 is 28.2 Å². The monoisotopic (exact) mass is 390 g/mol. The van der Waals surface area contributed by atoms with E-state index in [1.165, 1.54) is 16.2 Å². The number of nitrogens with one attached hydrogen (secondary N) is 2. The molecule has 3 rings (SSSR count). The van der Waals surface area contributed by atoms with Crippen LogP contribution in [0.1, 0.15) is 53.8 Å². The third kappa shape index (κ3) is 4.59. The number of amides is 1. The maximum absolute atomic E-state index is 12.6. The first-order valence-electron chi connectivity index (χ1n) is 9.37. The number of carbonyl (C=O) groups excluding carboxylic acids is 2. The predicted octanol–water partition coefficient (Wildman–Crippen LogP) is 3.76. The number of carbonyl (C=O) groups is 2. The van der Waals surface area contributed by atoms with E-state index < -0.39 is 6.04 Å². The lowest BCUT2D eigenvalue weighted by Crippen LogP contribution is -2.37. The van der Waals surface area contributed by atoms with E-state index in [0.29, 0.717) is 29.6 Å². The maximum Gasteiger partial charge on any atom is 0.341 e. The van der Waals surface area contributed by atoms with E-state index in [2.05, 4.69) is 17.6 Å². The van der Waals surface area contributed by atoms with Gasteiger partial charge in [0.2, 0.25) is 5.91 Å². The number of hydrogen-bond acceptors (Lipinski definition) is 6. The molecular formula is C20H26N2O4S. The van der Waals surface area contributed by atoms with Crippen LogP contribution >= 0.6 is 11.3 Å². The molecule has 2 heterocycles. The van der Waals surface area contributed by atoms with E-state index in [9.17, 15) is 9.59 Å². The number of furan rings is 1. The Morgan fingerprint density at radius 2 is 2.26 bits per heavy atom. The van der Waals surface area contributed by atoms with Gasteiger partial charge in [-0.05, 0) is 56.7 Å². The van der Waals surface area contributed by atoms with Crippen LogP contribution in [-0.4, -0.2) is 24.5 Å². The van der Waals surface area contributed by atoms with Crippen molar-refractivity contribution in [2.75, 3.05) is 11.9 Å². The van der Waals surface area contributed by atoms with E-state index >= 15 is 0 Å². The highest BCUT2D eigenvalue weighted by atomic mass is 32.1. The zero-order valence-electron chi connectivity index (χ0n) is 16.0. The number of anilines is 1. The van der Waals surface area contributed by atoms with E-state index in [4.69, 9.17) is 9.15 Å². The Morgan fingerprint density at radius 1 is 1.44 bits per heavy atom. The molecule has 1 aliphatic carbocycles. The average molecular weight is 391 g/mol. The summed E-state index contributed by atoms with van der Waals surface area (Å²) < 4.78 is 10.5. The minimum Gasteiger partial charge on any atom is -0.468 e. The summed E-state index contributed by atoms with van der Waals surface area (Å²) in [4.78, 5) is 26.3. The van der Waals surface area contributed by atoms with Crippen molar-refractivity contribution in [1.29, 1.82) is 0 Å². The minimum absolute atomic E-state index is 0.182. The van der Waals surface area contributed by atoms with Gasteiger partial charge in [-0.3, -0.25) is 10.1 Å². The Hall–Kier alpha value is -2.12. The number of hydrogen-bond donors (Lipinski definition) is 2.